The smallest absolute Gasteiger partial charge is 0.317 e. The minimum Gasteiger partial charge on any atom is -0.375 e. The second-order valence-electron chi connectivity index (χ2n) is 6.05. The first-order valence-electron chi connectivity index (χ1n) is 8.42. The quantitative estimate of drug-likeness (QED) is 0.401. The van der Waals surface area contributed by atoms with Gasteiger partial charge >= 0.3 is 12.3 Å². The maximum Gasteiger partial charge on any atom is 0.317 e. The van der Waals surface area contributed by atoms with E-state index in [-0.39, 0.29) is 4.88 Å². The molecule has 0 saturated heterocycles. The lowest BCUT2D eigenvalue weighted by molar-refractivity contribution is -0.132. The number of nitrogens with zero attached hydrogens (tertiary/aromatic N) is 4. The SMILES string of the molecule is Nc1nc2ccc(-c3cn(Cc4ccc(C(=O)NNC(=O)C(F)F)s4)nn3)cc2s1. The lowest BCUT2D eigenvalue weighted by atomic mass is 10.1. The van der Waals surface area contributed by atoms with Crippen molar-refractivity contribution in [2.75, 3.05) is 5.73 Å². The predicted molar refractivity (Wildman–Crippen MR) is 108 cm³/mol. The molecular weight excluding hydrogens is 436 g/mol. The average Bonchev–Trinajstić information content (AvgIpc) is 3.44. The molecule has 0 radical (unpaired) electrons. The Bertz CT molecular complexity index is 1230. The number of thiazole rings is 1. The second-order valence-corrected chi connectivity index (χ2v) is 8.28. The van der Waals surface area contributed by atoms with Gasteiger partial charge in [0.15, 0.2) is 5.13 Å². The van der Waals surface area contributed by atoms with Crippen molar-refractivity contribution in [3.8, 4) is 11.3 Å². The maximum absolute atomic E-state index is 12.1. The van der Waals surface area contributed by atoms with Crippen LogP contribution in [-0.4, -0.2) is 38.2 Å². The number of benzene rings is 1. The fourth-order valence-corrected chi connectivity index (χ4v) is 4.26. The highest BCUT2D eigenvalue weighted by atomic mass is 32.1. The normalized spacial score (nSPS) is 11.2. The number of rotatable bonds is 5. The number of hydrogen-bond donors (Lipinski definition) is 3. The molecule has 0 bridgehead atoms. The number of halogens is 2. The Balaban J connectivity index is 1.42. The van der Waals surface area contributed by atoms with Gasteiger partial charge in [0.1, 0.15) is 5.69 Å². The standard InChI is InChI=1S/C17H13F2N7O2S2/c18-14(19)16(28)24-23-15(27)12-4-2-9(29-12)6-26-7-11(22-25-26)8-1-3-10-13(5-8)30-17(20)21-10/h1-5,7,14H,6H2,(H2,20,21)(H,23,27)(H,24,28). The molecule has 4 N–H and O–H groups in total. The van der Waals surface area contributed by atoms with E-state index in [1.54, 1.807) is 22.4 Å². The zero-order valence-electron chi connectivity index (χ0n) is 15.0. The van der Waals surface area contributed by atoms with Crippen LogP contribution in [0.3, 0.4) is 0 Å². The number of amides is 2. The molecule has 0 aliphatic heterocycles. The van der Waals surface area contributed by atoms with Gasteiger partial charge in [-0.15, -0.1) is 16.4 Å². The first kappa shape index (κ1) is 19.8. The highest BCUT2D eigenvalue weighted by Gasteiger charge is 2.17. The second kappa shape index (κ2) is 8.12. The topological polar surface area (TPSA) is 128 Å². The minimum atomic E-state index is -3.21. The van der Waals surface area contributed by atoms with Gasteiger partial charge in [-0.05, 0) is 24.3 Å². The lowest BCUT2D eigenvalue weighted by Crippen LogP contribution is -2.44. The Hall–Kier alpha value is -3.45. The van der Waals surface area contributed by atoms with Crippen molar-refractivity contribution in [3.05, 3.63) is 46.3 Å². The number of carbonyl (C=O) groups excluding carboxylic acids is 2. The Morgan fingerprint density at radius 2 is 2.00 bits per heavy atom. The number of nitrogens with one attached hydrogen (secondary N) is 2. The van der Waals surface area contributed by atoms with Gasteiger partial charge in [-0.1, -0.05) is 22.6 Å². The number of nitrogen functional groups attached to an aromatic ring is 1. The van der Waals surface area contributed by atoms with Crippen LogP contribution in [0.2, 0.25) is 0 Å². The molecule has 30 heavy (non-hydrogen) atoms. The number of thiophene rings is 1. The molecule has 0 fully saturated rings. The van der Waals surface area contributed by atoms with Gasteiger partial charge < -0.3 is 5.73 Å². The van der Waals surface area contributed by atoms with Crippen molar-refractivity contribution < 1.29 is 18.4 Å². The molecule has 3 heterocycles. The van der Waals surface area contributed by atoms with E-state index < -0.39 is 18.2 Å². The third-order valence-electron chi connectivity index (χ3n) is 3.94. The van der Waals surface area contributed by atoms with Crippen molar-refractivity contribution >= 4 is 49.8 Å². The number of alkyl halides is 2. The van der Waals surface area contributed by atoms with E-state index in [0.29, 0.717) is 17.4 Å². The van der Waals surface area contributed by atoms with Gasteiger partial charge in [-0.25, -0.2) is 9.67 Å². The van der Waals surface area contributed by atoms with Crippen LogP contribution in [0.4, 0.5) is 13.9 Å². The highest BCUT2D eigenvalue weighted by molar-refractivity contribution is 7.22. The molecule has 9 nitrogen and oxygen atoms in total. The maximum atomic E-state index is 12.1. The summed E-state index contributed by atoms with van der Waals surface area (Å²) >= 11 is 2.54. The fourth-order valence-electron chi connectivity index (χ4n) is 2.59. The number of hydrogen-bond acceptors (Lipinski definition) is 8. The molecular formula is C17H13F2N7O2S2. The Morgan fingerprint density at radius 1 is 1.17 bits per heavy atom. The van der Waals surface area contributed by atoms with Gasteiger partial charge in [0.25, 0.3) is 5.91 Å². The van der Waals surface area contributed by atoms with E-state index in [1.807, 2.05) is 23.6 Å². The van der Waals surface area contributed by atoms with Crippen molar-refractivity contribution in [1.29, 1.82) is 0 Å². The van der Waals surface area contributed by atoms with Crippen molar-refractivity contribution in [2.24, 2.45) is 0 Å². The number of carbonyl (C=O) groups is 2. The summed E-state index contributed by atoms with van der Waals surface area (Å²) in [6, 6.07) is 8.94. The predicted octanol–water partition coefficient (Wildman–Crippen LogP) is 2.27. The van der Waals surface area contributed by atoms with Gasteiger partial charge in [-0.2, -0.15) is 8.78 Å². The van der Waals surface area contributed by atoms with Crippen LogP contribution in [0.15, 0.2) is 36.5 Å². The molecule has 3 aromatic heterocycles. The molecule has 0 atom stereocenters. The van der Waals surface area contributed by atoms with Crippen LogP contribution in [0.1, 0.15) is 14.5 Å². The summed E-state index contributed by atoms with van der Waals surface area (Å²) in [5, 5.41) is 8.78. The fraction of sp³-hybridized carbons (Fsp3) is 0.118. The Kier molecular flexibility index (Phi) is 5.37. The molecule has 4 rings (SSSR count). The number of fused-ring (bicyclic) bond motifs is 1. The lowest BCUT2D eigenvalue weighted by Gasteiger charge is -2.04. The first-order valence-corrected chi connectivity index (χ1v) is 10.1. The summed E-state index contributed by atoms with van der Waals surface area (Å²) in [6.07, 6.45) is -1.44. The van der Waals surface area contributed by atoms with Crippen LogP contribution in [0.5, 0.6) is 0 Å². The van der Waals surface area contributed by atoms with Crippen LogP contribution < -0.4 is 16.6 Å². The molecule has 0 spiro atoms. The average molecular weight is 449 g/mol. The number of anilines is 1. The molecule has 154 valence electrons. The summed E-state index contributed by atoms with van der Waals surface area (Å²) in [6.45, 7) is 0.365. The van der Waals surface area contributed by atoms with Crippen LogP contribution >= 0.6 is 22.7 Å². The summed E-state index contributed by atoms with van der Waals surface area (Å²) in [5.74, 6) is -2.26. The molecule has 0 aliphatic carbocycles. The van der Waals surface area contributed by atoms with E-state index in [9.17, 15) is 18.4 Å². The molecule has 13 heteroatoms. The zero-order valence-corrected chi connectivity index (χ0v) is 16.6. The monoisotopic (exact) mass is 449 g/mol. The van der Waals surface area contributed by atoms with Crippen molar-refractivity contribution in [1.82, 2.24) is 30.8 Å². The largest absolute Gasteiger partial charge is 0.375 e. The zero-order chi connectivity index (χ0) is 21.3. The Morgan fingerprint density at radius 3 is 2.80 bits per heavy atom. The molecule has 1 aromatic carbocycles. The van der Waals surface area contributed by atoms with E-state index in [0.717, 1.165) is 32.0 Å². The van der Waals surface area contributed by atoms with Crippen molar-refractivity contribution in [2.45, 2.75) is 13.0 Å². The van der Waals surface area contributed by atoms with E-state index in [4.69, 9.17) is 5.73 Å². The third kappa shape index (κ3) is 4.26. The van der Waals surface area contributed by atoms with Crippen LogP contribution in [0, 0.1) is 0 Å². The van der Waals surface area contributed by atoms with E-state index in [1.165, 1.54) is 17.4 Å². The van der Waals surface area contributed by atoms with Gasteiger partial charge in [0.2, 0.25) is 0 Å². The number of nitrogens with two attached hydrogens (primary N) is 1. The third-order valence-corrected chi connectivity index (χ3v) is 5.86. The molecule has 0 saturated carbocycles. The molecule has 0 aliphatic rings. The van der Waals surface area contributed by atoms with Gasteiger partial charge in [0.05, 0.1) is 27.8 Å². The first-order chi connectivity index (χ1) is 14.4. The van der Waals surface area contributed by atoms with Crippen molar-refractivity contribution in [3.63, 3.8) is 0 Å². The summed E-state index contributed by atoms with van der Waals surface area (Å²) < 4.78 is 26.9. The summed E-state index contributed by atoms with van der Waals surface area (Å²) in [7, 11) is 0. The van der Waals surface area contributed by atoms with E-state index in [2.05, 4.69) is 15.3 Å². The van der Waals surface area contributed by atoms with E-state index >= 15 is 0 Å². The molecule has 4 aromatic rings. The number of aromatic nitrogens is 4. The molecule has 2 amide bonds. The van der Waals surface area contributed by atoms with Crippen LogP contribution in [0.25, 0.3) is 21.5 Å². The van der Waals surface area contributed by atoms with Crippen LogP contribution in [-0.2, 0) is 11.3 Å². The van der Waals surface area contributed by atoms with Gasteiger partial charge in [0, 0.05) is 10.4 Å². The summed E-state index contributed by atoms with van der Waals surface area (Å²) in [5.41, 5.74) is 11.7. The summed E-state index contributed by atoms with van der Waals surface area (Å²) in [4.78, 5) is 28.0. The number of hydrazine groups is 1. The minimum absolute atomic E-state index is 0.258. The van der Waals surface area contributed by atoms with Gasteiger partial charge in [-0.3, -0.25) is 20.4 Å². The Labute approximate surface area is 175 Å². The molecule has 0 unspecified atom stereocenters. The highest BCUT2D eigenvalue weighted by Crippen LogP contribution is 2.28.